The van der Waals surface area contributed by atoms with Crippen molar-refractivity contribution in [1.29, 1.82) is 0 Å². The molecule has 0 saturated heterocycles. The molecule has 2 amide bonds. The first-order valence-electron chi connectivity index (χ1n) is 8.56. The van der Waals surface area contributed by atoms with Crippen LogP contribution in [0.5, 0.6) is 5.75 Å². The lowest BCUT2D eigenvalue weighted by Gasteiger charge is -2.12. The van der Waals surface area contributed by atoms with Gasteiger partial charge in [0, 0.05) is 29.4 Å². The molecule has 0 radical (unpaired) electrons. The van der Waals surface area contributed by atoms with Crippen LogP contribution in [0.2, 0.25) is 0 Å². The highest BCUT2D eigenvalue weighted by atomic mass is 16.5. The first kappa shape index (κ1) is 18.2. The largest absolute Gasteiger partial charge is 0.489 e. The number of ether oxygens (including phenoxy) is 1. The number of benzene rings is 3. The fraction of sp³-hybridized carbons (Fsp3) is 0.0909. The second-order valence-electron chi connectivity index (χ2n) is 5.97. The molecule has 27 heavy (non-hydrogen) atoms. The van der Waals surface area contributed by atoms with Crippen LogP contribution in [0.1, 0.15) is 22.8 Å². The zero-order valence-electron chi connectivity index (χ0n) is 14.9. The Morgan fingerprint density at radius 1 is 0.815 bits per heavy atom. The third kappa shape index (κ3) is 5.19. The average Bonchev–Trinajstić information content (AvgIpc) is 2.67. The van der Waals surface area contributed by atoms with Crippen molar-refractivity contribution in [2.75, 3.05) is 10.6 Å². The average molecular weight is 360 g/mol. The van der Waals surface area contributed by atoms with E-state index in [1.165, 1.54) is 6.92 Å². The number of carbonyl (C=O) groups excluding carboxylic acids is 2. The Labute approximate surface area is 158 Å². The lowest BCUT2D eigenvalue weighted by atomic mass is 10.1. The highest BCUT2D eigenvalue weighted by Crippen LogP contribution is 2.19. The molecule has 0 unspecified atom stereocenters. The molecular formula is C22H20N2O3. The number of para-hydroxylation sites is 1. The van der Waals surface area contributed by atoms with E-state index in [9.17, 15) is 9.59 Å². The van der Waals surface area contributed by atoms with Crippen LogP contribution < -0.4 is 15.4 Å². The van der Waals surface area contributed by atoms with E-state index < -0.39 is 0 Å². The van der Waals surface area contributed by atoms with Crippen molar-refractivity contribution >= 4 is 23.2 Å². The molecule has 2 N–H and O–H groups in total. The fourth-order valence-corrected chi connectivity index (χ4v) is 2.62. The van der Waals surface area contributed by atoms with Gasteiger partial charge in [-0.25, -0.2) is 0 Å². The predicted molar refractivity (Wildman–Crippen MR) is 106 cm³/mol. The molecule has 0 bridgehead atoms. The quantitative estimate of drug-likeness (QED) is 0.681. The Bertz CT molecular complexity index is 939. The van der Waals surface area contributed by atoms with E-state index >= 15 is 0 Å². The van der Waals surface area contributed by atoms with Gasteiger partial charge in [0.15, 0.2) is 0 Å². The Morgan fingerprint density at radius 3 is 2.22 bits per heavy atom. The van der Waals surface area contributed by atoms with E-state index in [4.69, 9.17) is 4.74 Å². The number of amides is 2. The summed E-state index contributed by atoms with van der Waals surface area (Å²) < 4.78 is 5.77. The topological polar surface area (TPSA) is 67.4 Å². The Morgan fingerprint density at radius 2 is 1.48 bits per heavy atom. The summed E-state index contributed by atoms with van der Waals surface area (Å²) in [6.45, 7) is 1.73. The van der Waals surface area contributed by atoms with Gasteiger partial charge in [-0.05, 0) is 36.4 Å². The van der Waals surface area contributed by atoms with Crippen molar-refractivity contribution in [2.45, 2.75) is 13.5 Å². The molecule has 3 rings (SSSR count). The van der Waals surface area contributed by atoms with Crippen LogP contribution in [-0.4, -0.2) is 11.8 Å². The molecule has 0 fully saturated rings. The van der Waals surface area contributed by atoms with Gasteiger partial charge in [0.2, 0.25) is 5.91 Å². The molecule has 0 aliphatic heterocycles. The first-order chi connectivity index (χ1) is 13.1. The predicted octanol–water partition coefficient (Wildman–Crippen LogP) is 4.48. The van der Waals surface area contributed by atoms with Gasteiger partial charge in [-0.3, -0.25) is 9.59 Å². The summed E-state index contributed by atoms with van der Waals surface area (Å²) >= 11 is 0. The smallest absolute Gasteiger partial charge is 0.256 e. The zero-order valence-corrected chi connectivity index (χ0v) is 14.9. The standard InChI is InChI=1S/C22H20N2O3/c1-16(25)23-18-9-7-10-19(14-18)24-22(26)21-13-6-5-8-17(21)15-27-20-11-3-2-4-12-20/h2-14H,15H2,1H3,(H,23,25)(H,24,26). The second kappa shape index (κ2) is 8.67. The summed E-state index contributed by atoms with van der Waals surface area (Å²) in [5.41, 5.74) is 2.56. The second-order valence-corrected chi connectivity index (χ2v) is 5.97. The van der Waals surface area contributed by atoms with Crippen molar-refractivity contribution in [3.8, 4) is 5.75 Å². The molecule has 0 aromatic heterocycles. The molecule has 0 atom stereocenters. The molecule has 0 aliphatic rings. The van der Waals surface area contributed by atoms with Crippen molar-refractivity contribution in [2.24, 2.45) is 0 Å². The number of hydrogen-bond acceptors (Lipinski definition) is 3. The monoisotopic (exact) mass is 360 g/mol. The van der Waals surface area contributed by atoms with Crippen molar-refractivity contribution in [3.05, 3.63) is 90.0 Å². The normalized spacial score (nSPS) is 10.1. The van der Waals surface area contributed by atoms with Crippen LogP contribution in [0, 0.1) is 0 Å². The summed E-state index contributed by atoms with van der Waals surface area (Å²) in [4.78, 5) is 23.9. The molecule has 0 aliphatic carbocycles. The number of rotatable bonds is 6. The zero-order chi connectivity index (χ0) is 19.1. The van der Waals surface area contributed by atoms with E-state index in [1.807, 2.05) is 48.5 Å². The van der Waals surface area contributed by atoms with Gasteiger partial charge in [-0.2, -0.15) is 0 Å². The van der Waals surface area contributed by atoms with E-state index in [0.717, 1.165) is 11.3 Å². The van der Waals surface area contributed by atoms with Gasteiger partial charge in [0.25, 0.3) is 5.91 Å². The van der Waals surface area contributed by atoms with Crippen LogP contribution in [0.25, 0.3) is 0 Å². The Hall–Kier alpha value is -3.60. The molecule has 5 nitrogen and oxygen atoms in total. The minimum Gasteiger partial charge on any atom is -0.489 e. The third-order valence-corrected chi connectivity index (χ3v) is 3.84. The maximum absolute atomic E-state index is 12.7. The number of anilines is 2. The van der Waals surface area contributed by atoms with Crippen molar-refractivity contribution in [1.82, 2.24) is 0 Å². The lowest BCUT2D eigenvalue weighted by molar-refractivity contribution is -0.114. The van der Waals surface area contributed by atoms with E-state index in [0.29, 0.717) is 23.5 Å². The molecule has 0 spiro atoms. The molecular weight excluding hydrogens is 340 g/mol. The maximum Gasteiger partial charge on any atom is 0.256 e. The van der Waals surface area contributed by atoms with Crippen molar-refractivity contribution in [3.63, 3.8) is 0 Å². The Balaban J connectivity index is 1.72. The van der Waals surface area contributed by atoms with E-state index in [1.54, 1.807) is 30.3 Å². The summed E-state index contributed by atoms with van der Waals surface area (Å²) in [6.07, 6.45) is 0. The van der Waals surface area contributed by atoms with Crippen LogP contribution in [0.4, 0.5) is 11.4 Å². The fourth-order valence-electron chi connectivity index (χ4n) is 2.62. The summed E-state index contributed by atoms with van der Waals surface area (Å²) in [6, 6.07) is 23.8. The highest BCUT2D eigenvalue weighted by molar-refractivity contribution is 6.05. The van der Waals surface area contributed by atoms with Crippen molar-refractivity contribution < 1.29 is 14.3 Å². The Kier molecular flexibility index (Phi) is 5.84. The van der Waals surface area contributed by atoms with Gasteiger partial charge in [-0.1, -0.05) is 42.5 Å². The summed E-state index contributed by atoms with van der Waals surface area (Å²) in [5, 5.41) is 5.56. The van der Waals surface area contributed by atoms with Gasteiger partial charge in [0.1, 0.15) is 12.4 Å². The third-order valence-electron chi connectivity index (χ3n) is 3.84. The molecule has 136 valence electrons. The van der Waals surface area contributed by atoms with E-state index in [-0.39, 0.29) is 11.8 Å². The van der Waals surface area contributed by atoms with E-state index in [2.05, 4.69) is 10.6 Å². The van der Waals surface area contributed by atoms with Crippen LogP contribution in [0.3, 0.4) is 0 Å². The lowest BCUT2D eigenvalue weighted by Crippen LogP contribution is -2.15. The van der Waals surface area contributed by atoms with Gasteiger partial charge in [0.05, 0.1) is 0 Å². The highest BCUT2D eigenvalue weighted by Gasteiger charge is 2.12. The van der Waals surface area contributed by atoms with Gasteiger partial charge >= 0.3 is 0 Å². The van der Waals surface area contributed by atoms with Crippen LogP contribution in [-0.2, 0) is 11.4 Å². The minimum atomic E-state index is -0.234. The van der Waals surface area contributed by atoms with Gasteiger partial charge < -0.3 is 15.4 Å². The maximum atomic E-state index is 12.7. The summed E-state index contributed by atoms with van der Waals surface area (Å²) in [7, 11) is 0. The number of hydrogen-bond donors (Lipinski definition) is 2. The molecule has 0 saturated carbocycles. The van der Waals surface area contributed by atoms with Gasteiger partial charge in [-0.15, -0.1) is 0 Å². The number of nitrogens with one attached hydrogen (secondary N) is 2. The summed E-state index contributed by atoms with van der Waals surface area (Å²) in [5.74, 6) is 0.347. The SMILES string of the molecule is CC(=O)Nc1cccc(NC(=O)c2ccccc2COc2ccccc2)c1. The van der Waals surface area contributed by atoms with Crippen LogP contribution in [0.15, 0.2) is 78.9 Å². The molecule has 3 aromatic rings. The molecule has 0 heterocycles. The number of carbonyl (C=O) groups is 2. The molecule has 5 heteroatoms. The minimum absolute atomic E-state index is 0.165. The van der Waals surface area contributed by atoms with Crippen LogP contribution >= 0.6 is 0 Å². The first-order valence-corrected chi connectivity index (χ1v) is 8.56. The molecule has 3 aromatic carbocycles.